The largest absolute Gasteiger partial charge is 0.479 e. The molecule has 0 aliphatic carbocycles. The number of hydrogen-bond donors (Lipinski definition) is 2. The lowest BCUT2D eigenvalue weighted by Gasteiger charge is -2.24. The van der Waals surface area contributed by atoms with Crippen molar-refractivity contribution in [3.05, 3.63) is 33.8 Å². The molecule has 0 spiro atoms. The zero-order chi connectivity index (χ0) is 19.3. The van der Waals surface area contributed by atoms with Gasteiger partial charge in [0.25, 0.3) is 0 Å². The van der Waals surface area contributed by atoms with Crippen LogP contribution in [0.4, 0.5) is 0 Å². The number of benzene rings is 1. The van der Waals surface area contributed by atoms with Crippen LogP contribution < -0.4 is 0 Å². The molecule has 1 saturated heterocycles. The number of carboxylic acids is 1. The maximum Gasteiger partial charge on any atom is 0.340 e. The van der Waals surface area contributed by atoms with Gasteiger partial charge in [-0.15, -0.1) is 0 Å². The number of halogens is 2. The van der Waals surface area contributed by atoms with E-state index in [0.29, 0.717) is 22.9 Å². The zero-order valence-electron chi connectivity index (χ0n) is 14.7. The van der Waals surface area contributed by atoms with E-state index in [1.54, 1.807) is 6.07 Å². The molecule has 144 valence electrons. The Morgan fingerprint density at radius 1 is 1.35 bits per heavy atom. The van der Waals surface area contributed by atoms with Crippen LogP contribution in [0.25, 0.3) is 0 Å². The van der Waals surface area contributed by atoms with Crippen LogP contribution in [0.1, 0.15) is 63.4 Å². The fourth-order valence-electron chi connectivity index (χ4n) is 3.43. The van der Waals surface area contributed by atoms with Crippen molar-refractivity contribution < 1.29 is 24.5 Å². The van der Waals surface area contributed by atoms with E-state index in [4.69, 9.17) is 27.9 Å². The number of ether oxygens (including phenoxy) is 1. The van der Waals surface area contributed by atoms with E-state index in [1.807, 2.05) is 12.1 Å². The molecule has 1 aliphatic rings. The molecular weight excluding hydrogens is 379 g/mol. The van der Waals surface area contributed by atoms with Gasteiger partial charge in [-0.25, -0.2) is 4.79 Å². The van der Waals surface area contributed by atoms with Crippen molar-refractivity contribution in [3.63, 3.8) is 0 Å². The van der Waals surface area contributed by atoms with Crippen molar-refractivity contribution in [2.24, 2.45) is 0 Å². The number of esters is 1. The first-order valence-electron chi connectivity index (χ1n) is 8.88. The summed E-state index contributed by atoms with van der Waals surface area (Å²) in [5.74, 6) is -1.89. The molecule has 3 atom stereocenters. The van der Waals surface area contributed by atoms with Gasteiger partial charge in [0, 0.05) is 10.0 Å². The standard InChI is InChI=1S/C19H24Cl2O5/c1-2-3-5-12(14-9-8-13(20)10-15(14)21)6-4-7-16-19(25,18(23)24)11-17(22)26-16/h8-10,12,16,25H,2-7,11H2,1H3,(H,23,24). The van der Waals surface area contributed by atoms with Crippen molar-refractivity contribution in [3.8, 4) is 0 Å². The molecule has 7 heteroatoms. The van der Waals surface area contributed by atoms with Crippen LogP contribution in [0.5, 0.6) is 0 Å². The third-order valence-corrected chi connectivity index (χ3v) is 5.48. The Morgan fingerprint density at radius 2 is 2.04 bits per heavy atom. The molecule has 0 amide bonds. The maximum absolute atomic E-state index is 11.4. The molecule has 0 bridgehead atoms. The summed E-state index contributed by atoms with van der Waals surface area (Å²) in [6, 6.07) is 5.46. The molecule has 0 radical (unpaired) electrons. The molecular formula is C19H24Cl2O5. The van der Waals surface area contributed by atoms with Gasteiger partial charge in [0.1, 0.15) is 6.10 Å². The number of aliphatic hydroxyl groups is 1. The number of rotatable bonds is 9. The number of carbonyl (C=O) groups excluding carboxylic acids is 1. The van der Waals surface area contributed by atoms with E-state index >= 15 is 0 Å². The fourth-order valence-corrected chi connectivity index (χ4v) is 3.99. The van der Waals surface area contributed by atoms with Crippen LogP contribution in [-0.4, -0.2) is 33.9 Å². The number of carboxylic acid groups (broad SMARTS) is 1. The SMILES string of the molecule is CCCCC(CCCC1OC(=O)CC1(O)C(=O)O)c1ccc(Cl)cc1Cl. The molecule has 3 unspecified atom stereocenters. The van der Waals surface area contributed by atoms with E-state index < -0.39 is 30.1 Å². The van der Waals surface area contributed by atoms with Crippen molar-refractivity contribution in [1.82, 2.24) is 0 Å². The summed E-state index contributed by atoms with van der Waals surface area (Å²) in [5.41, 5.74) is -1.12. The summed E-state index contributed by atoms with van der Waals surface area (Å²) in [6.07, 6.45) is 3.19. The van der Waals surface area contributed by atoms with Crippen molar-refractivity contribution >= 4 is 35.1 Å². The predicted molar refractivity (Wildman–Crippen MR) is 99.7 cm³/mol. The molecule has 1 aliphatic heterocycles. The highest BCUT2D eigenvalue weighted by Gasteiger charge is 2.53. The highest BCUT2D eigenvalue weighted by molar-refractivity contribution is 6.35. The topological polar surface area (TPSA) is 83.8 Å². The van der Waals surface area contributed by atoms with E-state index in [9.17, 15) is 19.8 Å². The molecule has 5 nitrogen and oxygen atoms in total. The van der Waals surface area contributed by atoms with Crippen LogP contribution in [0.15, 0.2) is 18.2 Å². The Bertz CT molecular complexity index is 663. The molecule has 2 rings (SSSR count). The third-order valence-electron chi connectivity index (χ3n) is 4.92. The van der Waals surface area contributed by atoms with E-state index in [1.165, 1.54) is 0 Å². The molecule has 1 aromatic rings. The minimum Gasteiger partial charge on any atom is -0.479 e. The minimum atomic E-state index is -2.13. The van der Waals surface area contributed by atoms with Gasteiger partial charge < -0.3 is 14.9 Å². The van der Waals surface area contributed by atoms with Gasteiger partial charge in [0.2, 0.25) is 5.60 Å². The summed E-state index contributed by atoms with van der Waals surface area (Å²) in [4.78, 5) is 22.7. The van der Waals surface area contributed by atoms with Gasteiger partial charge in [-0.1, -0.05) is 49.0 Å². The van der Waals surface area contributed by atoms with Gasteiger partial charge in [-0.05, 0) is 49.3 Å². The van der Waals surface area contributed by atoms with Gasteiger partial charge >= 0.3 is 11.9 Å². The quantitative estimate of drug-likeness (QED) is 0.590. The number of carbonyl (C=O) groups is 2. The molecule has 1 aromatic carbocycles. The van der Waals surface area contributed by atoms with E-state index in [2.05, 4.69) is 6.92 Å². The first kappa shape index (κ1) is 21.0. The summed E-state index contributed by atoms with van der Waals surface area (Å²) in [6.45, 7) is 2.12. The molecule has 2 N–H and O–H groups in total. The van der Waals surface area contributed by atoms with Gasteiger partial charge in [-0.3, -0.25) is 4.79 Å². The fraction of sp³-hybridized carbons (Fsp3) is 0.579. The normalized spacial score (nSPS) is 23.7. The van der Waals surface area contributed by atoms with Crippen molar-refractivity contribution in [2.75, 3.05) is 0 Å². The van der Waals surface area contributed by atoms with Gasteiger partial charge in [-0.2, -0.15) is 0 Å². The Labute approximate surface area is 163 Å². The van der Waals surface area contributed by atoms with Crippen LogP contribution in [0.2, 0.25) is 10.0 Å². The second kappa shape index (κ2) is 9.07. The Kier molecular flexibility index (Phi) is 7.33. The van der Waals surface area contributed by atoms with Crippen molar-refractivity contribution in [1.29, 1.82) is 0 Å². The average Bonchev–Trinajstić information content (AvgIpc) is 2.86. The summed E-state index contributed by atoms with van der Waals surface area (Å²) in [5, 5.41) is 20.6. The van der Waals surface area contributed by atoms with Crippen molar-refractivity contribution in [2.45, 2.75) is 69.5 Å². The molecule has 1 heterocycles. The second-order valence-electron chi connectivity index (χ2n) is 6.82. The predicted octanol–water partition coefficient (Wildman–Crippen LogP) is 4.57. The first-order valence-corrected chi connectivity index (χ1v) is 9.63. The summed E-state index contributed by atoms with van der Waals surface area (Å²) in [7, 11) is 0. The third kappa shape index (κ3) is 4.90. The number of hydrogen-bond acceptors (Lipinski definition) is 4. The smallest absolute Gasteiger partial charge is 0.340 e. The highest BCUT2D eigenvalue weighted by atomic mass is 35.5. The average molecular weight is 403 g/mol. The Hall–Kier alpha value is -1.30. The Balaban J connectivity index is 2.03. The lowest BCUT2D eigenvalue weighted by atomic mass is 9.86. The van der Waals surface area contributed by atoms with Crippen LogP contribution in [-0.2, 0) is 14.3 Å². The minimum absolute atomic E-state index is 0.203. The molecule has 0 saturated carbocycles. The van der Waals surface area contributed by atoms with Gasteiger partial charge in [0.05, 0.1) is 6.42 Å². The van der Waals surface area contributed by atoms with Crippen LogP contribution in [0, 0.1) is 0 Å². The lowest BCUT2D eigenvalue weighted by Crippen LogP contribution is -2.46. The number of aliphatic carboxylic acids is 1. The lowest BCUT2D eigenvalue weighted by molar-refractivity contribution is -0.164. The number of cyclic esters (lactones) is 1. The summed E-state index contributed by atoms with van der Waals surface area (Å²) < 4.78 is 5.03. The maximum atomic E-state index is 11.4. The first-order chi connectivity index (χ1) is 12.3. The van der Waals surface area contributed by atoms with Gasteiger partial charge in [0.15, 0.2) is 0 Å². The van der Waals surface area contributed by atoms with E-state index in [-0.39, 0.29) is 5.92 Å². The molecule has 26 heavy (non-hydrogen) atoms. The monoisotopic (exact) mass is 402 g/mol. The van der Waals surface area contributed by atoms with Crippen LogP contribution >= 0.6 is 23.2 Å². The zero-order valence-corrected chi connectivity index (χ0v) is 16.2. The summed E-state index contributed by atoms with van der Waals surface area (Å²) >= 11 is 12.3. The second-order valence-corrected chi connectivity index (χ2v) is 7.66. The number of unbranched alkanes of at least 4 members (excludes halogenated alkanes) is 1. The Morgan fingerprint density at radius 3 is 2.65 bits per heavy atom. The molecule has 0 aromatic heterocycles. The highest BCUT2D eigenvalue weighted by Crippen LogP contribution is 2.36. The van der Waals surface area contributed by atoms with E-state index in [0.717, 1.165) is 31.2 Å². The van der Waals surface area contributed by atoms with Crippen LogP contribution in [0.3, 0.4) is 0 Å². The molecule has 1 fully saturated rings.